The summed E-state index contributed by atoms with van der Waals surface area (Å²) in [4.78, 5) is 28.7. The summed E-state index contributed by atoms with van der Waals surface area (Å²) in [6.45, 7) is 0. The molecule has 0 aliphatic carbocycles. The van der Waals surface area contributed by atoms with E-state index in [4.69, 9.17) is 16.4 Å². The molecule has 0 atom stereocenters. The molecule has 144 valence electrons. The third-order valence-corrected chi connectivity index (χ3v) is 5.66. The van der Waals surface area contributed by atoms with Crippen molar-refractivity contribution in [3.63, 3.8) is 0 Å². The van der Waals surface area contributed by atoms with E-state index >= 15 is 0 Å². The van der Waals surface area contributed by atoms with E-state index in [1.54, 1.807) is 0 Å². The molecular weight excluding hydrogens is 396 g/mol. The molecule has 27 heavy (non-hydrogen) atoms. The van der Waals surface area contributed by atoms with Crippen molar-refractivity contribution in [2.45, 2.75) is 4.90 Å². The fraction of sp³-hybridized carbons (Fsp3) is 0.176. The minimum Gasteiger partial charge on any atom is -0.465 e. The van der Waals surface area contributed by atoms with Gasteiger partial charge in [-0.25, -0.2) is 13.2 Å². The summed E-state index contributed by atoms with van der Waals surface area (Å²) >= 11 is 5.94. The maximum Gasteiger partial charge on any atom is 0.339 e. The molecule has 0 heterocycles. The number of hydrogen-bond acceptors (Lipinski definition) is 6. The van der Waals surface area contributed by atoms with Crippen LogP contribution in [0.15, 0.2) is 47.4 Å². The number of rotatable bonds is 6. The lowest BCUT2D eigenvalue weighted by atomic mass is 10.1. The van der Waals surface area contributed by atoms with Gasteiger partial charge in [0, 0.05) is 18.3 Å². The molecule has 2 aromatic rings. The molecule has 0 fully saturated rings. The maximum absolute atomic E-state index is 12.4. The highest BCUT2D eigenvalue weighted by Gasteiger charge is 2.21. The molecule has 0 saturated heterocycles. The SMILES string of the molecule is COC(=O)c1cc(NC(=O)c2ccc(S(=O)(=O)N(C)OC)cc2)ccc1Cl. The summed E-state index contributed by atoms with van der Waals surface area (Å²) in [7, 11) is -0.0876. The van der Waals surface area contributed by atoms with Crippen molar-refractivity contribution in [1.29, 1.82) is 0 Å². The van der Waals surface area contributed by atoms with Gasteiger partial charge in [0.25, 0.3) is 15.9 Å². The predicted octanol–water partition coefficient (Wildman–Crippen LogP) is 2.56. The fourth-order valence-electron chi connectivity index (χ4n) is 2.10. The molecule has 8 nitrogen and oxygen atoms in total. The molecule has 0 saturated carbocycles. The Kier molecular flexibility index (Phi) is 6.55. The average Bonchev–Trinajstić information content (AvgIpc) is 2.68. The van der Waals surface area contributed by atoms with E-state index < -0.39 is 21.9 Å². The quantitative estimate of drug-likeness (QED) is 0.578. The summed E-state index contributed by atoms with van der Waals surface area (Å²) in [5.41, 5.74) is 0.671. The number of amides is 1. The molecule has 10 heteroatoms. The van der Waals surface area contributed by atoms with Crippen molar-refractivity contribution >= 4 is 39.2 Å². The number of hydroxylamine groups is 1. The number of nitrogens with zero attached hydrogens (tertiary/aromatic N) is 1. The molecule has 0 aliphatic heterocycles. The largest absolute Gasteiger partial charge is 0.465 e. The van der Waals surface area contributed by atoms with Crippen LogP contribution in [0.2, 0.25) is 5.02 Å². The minimum atomic E-state index is -3.80. The van der Waals surface area contributed by atoms with Crippen LogP contribution in [0.1, 0.15) is 20.7 Å². The minimum absolute atomic E-state index is 0.0251. The van der Waals surface area contributed by atoms with Gasteiger partial charge in [0.1, 0.15) is 0 Å². The van der Waals surface area contributed by atoms with E-state index in [1.165, 1.54) is 63.7 Å². The van der Waals surface area contributed by atoms with Crippen LogP contribution < -0.4 is 5.32 Å². The van der Waals surface area contributed by atoms with Gasteiger partial charge in [0.15, 0.2) is 0 Å². The molecule has 2 aromatic carbocycles. The Labute approximate surface area is 161 Å². The van der Waals surface area contributed by atoms with Gasteiger partial charge in [-0.2, -0.15) is 0 Å². The number of nitrogens with one attached hydrogen (secondary N) is 1. The Balaban J connectivity index is 2.21. The van der Waals surface area contributed by atoms with Crippen molar-refractivity contribution in [1.82, 2.24) is 4.47 Å². The van der Waals surface area contributed by atoms with E-state index in [0.29, 0.717) is 10.2 Å². The molecule has 0 unspecified atom stereocenters. The fourth-order valence-corrected chi connectivity index (χ4v) is 3.27. The van der Waals surface area contributed by atoms with E-state index in [1.807, 2.05) is 0 Å². The third-order valence-electron chi connectivity index (χ3n) is 3.64. The number of benzene rings is 2. The number of anilines is 1. The normalized spacial score (nSPS) is 11.3. The number of methoxy groups -OCH3 is 1. The van der Waals surface area contributed by atoms with Gasteiger partial charge in [-0.05, 0) is 42.5 Å². The Morgan fingerprint density at radius 3 is 2.26 bits per heavy atom. The van der Waals surface area contributed by atoms with Gasteiger partial charge < -0.3 is 10.1 Å². The first-order chi connectivity index (χ1) is 12.7. The van der Waals surface area contributed by atoms with Crippen LogP contribution in [0.3, 0.4) is 0 Å². The van der Waals surface area contributed by atoms with Crippen LogP contribution >= 0.6 is 11.6 Å². The van der Waals surface area contributed by atoms with Crippen molar-refractivity contribution in [3.05, 3.63) is 58.6 Å². The number of esters is 1. The first-order valence-electron chi connectivity index (χ1n) is 7.53. The molecule has 0 aliphatic rings. The second-order valence-corrected chi connectivity index (χ2v) is 7.60. The number of hydrogen-bond donors (Lipinski definition) is 1. The summed E-state index contributed by atoms with van der Waals surface area (Å²) in [5.74, 6) is -1.12. The zero-order valence-electron chi connectivity index (χ0n) is 14.7. The topological polar surface area (TPSA) is 102 Å². The molecule has 0 bridgehead atoms. The van der Waals surface area contributed by atoms with Crippen molar-refractivity contribution in [2.75, 3.05) is 26.6 Å². The molecule has 2 rings (SSSR count). The van der Waals surface area contributed by atoms with Crippen molar-refractivity contribution in [2.24, 2.45) is 0 Å². The maximum atomic E-state index is 12.4. The number of ether oxygens (including phenoxy) is 1. The highest BCUT2D eigenvalue weighted by Crippen LogP contribution is 2.22. The Morgan fingerprint density at radius 2 is 1.70 bits per heavy atom. The first kappa shape index (κ1) is 20.8. The second kappa shape index (κ2) is 8.49. The molecule has 1 amide bonds. The Hall–Kier alpha value is -2.46. The summed E-state index contributed by atoms with van der Waals surface area (Å²) in [5, 5.41) is 2.80. The Bertz CT molecular complexity index is 960. The number of carbonyl (C=O) groups is 2. The number of sulfonamides is 1. The molecule has 0 spiro atoms. The van der Waals surface area contributed by atoms with Gasteiger partial charge in [-0.3, -0.25) is 9.63 Å². The van der Waals surface area contributed by atoms with Crippen LogP contribution in [-0.4, -0.2) is 46.0 Å². The standard InChI is InChI=1S/C17H17ClN2O6S/c1-20(26-3)27(23,24)13-7-4-11(5-8-13)16(21)19-12-6-9-15(18)14(10-12)17(22)25-2/h4-10H,1-3H3,(H,19,21). The molecule has 0 aromatic heterocycles. The lowest BCUT2D eigenvalue weighted by molar-refractivity contribution is -0.0258. The van der Waals surface area contributed by atoms with Gasteiger partial charge >= 0.3 is 5.97 Å². The van der Waals surface area contributed by atoms with Gasteiger partial charge in [-0.15, -0.1) is 0 Å². The van der Waals surface area contributed by atoms with Crippen LogP contribution in [0, 0.1) is 0 Å². The molecule has 1 N–H and O–H groups in total. The number of carbonyl (C=O) groups excluding carboxylic acids is 2. The highest BCUT2D eigenvalue weighted by molar-refractivity contribution is 7.89. The Morgan fingerprint density at radius 1 is 1.07 bits per heavy atom. The summed E-state index contributed by atoms with van der Waals surface area (Å²) in [6.07, 6.45) is 0. The lowest BCUT2D eigenvalue weighted by Crippen LogP contribution is -2.25. The highest BCUT2D eigenvalue weighted by atomic mass is 35.5. The van der Waals surface area contributed by atoms with E-state index in [2.05, 4.69) is 10.1 Å². The summed E-state index contributed by atoms with van der Waals surface area (Å²) < 4.78 is 29.6. The van der Waals surface area contributed by atoms with E-state index in [9.17, 15) is 18.0 Å². The molecular formula is C17H17ClN2O6S. The second-order valence-electron chi connectivity index (χ2n) is 5.26. The van der Waals surface area contributed by atoms with E-state index in [0.717, 1.165) is 0 Å². The van der Waals surface area contributed by atoms with Crippen molar-refractivity contribution in [3.8, 4) is 0 Å². The van der Waals surface area contributed by atoms with Crippen LogP contribution in [0.4, 0.5) is 5.69 Å². The summed E-state index contributed by atoms with van der Waals surface area (Å²) in [6, 6.07) is 9.69. The van der Waals surface area contributed by atoms with Crippen LogP contribution in [-0.2, 0) is 19.6 Å². The first-order valence-corrected chi connectivity index (χ1v) is 9.35. The molecule has 0 radical (unpaired) electrons. The van der Waals surface area contributed by atoms with Crippen molar-refractivity contribution < 1.29 is 27.6 Å². The third kappa shape index (κ3) is 4.64. The van der Waals surface area contributed by atoms with Gasteiger partial charge in [-0.1, -0.05) is 16.1 Å². The van der Waals surface area contributed by atoms with E-state index in [-0.39, 0.29) is 21.0 Å². The zero-order valence-corrected chi connectivity index (χ0v) is 16.3. The van der Waals surface area contributed by atoms with Gasteiger partial charge in [0.2, 0.25) is 0 Å². The van der Waals surface area contributed by atoms with Crippen LogP contribution in [0.5, 0.6) is 0 Å². The van der Waals surface area contributed by atoms with Crippen LogP contribution in [0.25, 0.3) is 0 Å². The smallest absolute Gasteiger partial charge is 0.339 e. The number of halogens is 1. The van der Waals surface area contributed by atoms with Gasteiger partial charge in [0.05, 0.1) is 29.7 Å². The average molecular weight is 413 g/mol. The predicted molar refractivity (Wildman–Crippen MR) is 99.1 cm³/mol. The zero-order chi connectivity index (χ0) is 20.2. The monoisotopic (exact) mass is 412 g/mol. The lowest BCUT2D eigenvalue weighted by Gasteiger charge is -2.14.